The van der Waals surface area contributed by atoms with Crippen molar-refractivity contribution in [2.45, 2.75) is 29.9 Å². The van der Waals surface area contributed by atoms with Crippen LogP contribution in [0.1, 0.15) is 18.9 Å². The Bertz CT molecular complexity index is 1110. The monoisotopic (exact) mass is 506 g/mol. The molecule has 0 radical (unpaired) electrons. The fourth-order valence-electron chi connectivity index (χ4n) is 2.93. The van der Waals surface area contributed by atoms with Gasteiger partial charge < -0.3 is 10.6 Å². The molecule has 2 amide bonds. The van der Waals surface area contributed by atoms with Crippen molar-refractivity contribution in [3.8, 4) is 0 Å². The molecule has 1 unspecified atom stereocenters. The van der Waals surface area contributed by atoms with Gasteiger partial charge in [0.1, 0.15) is 0 Å². The van der Waals surface area contributed by atoms with E-state index in [0.717, 1.165) is 10.5 Å². The molecular weight excluding hydrogens is 487 g/mol. The maximum Gasteiger partial charge on any atom is 0.237 e. The third-order valence-corrected chi connectivity index (χ3v) is 6.70. The van der Waals surface area contributed by atoms with Crippen LogP contribution in [0.2, 0.25) is 15.1 Å². The summed E-state index contributed by atoms with van der Waals surface area (Å²) in [6.45, 7) is 1.94. The van der Waals surface area contributed by atoms with Crippen molar-refractivity contribution in [1.82, 2.24) is 0 Å². The lowest BCUT2D eigenvalue weighted by Crippen LogP contribution is -2.24. The molecule has 0 saturated heterocycles. The Kier molecular flexibility index (Phi) is 8.88. The summed E-state index contributed by atoms with van der Waals surface area (Å²) in [4.78, 5) is 26.0. The third-order valence-electron chi connectivity index (χ3n) is 4.52. The SMILES string of the molecule is CCC(Sc1cccc(NC(=O)Cc2ccc(Cl)cc2)c1)C(=O)Nc1cc(Cl)ccc1Cl. The standard InChI is InChI=1S/C24H21Cl3N2O2S/c1-2-22(24(31)29-21-13-17(26)10-11-20(21)27)32-19-5-3-4-18(14-19)28-23(30)12-15-6-8-16(25)9-7-15/h3-11,13-14,22H,2,12H2,1H3,(H,28,30)(H,29,31). The first-order valence-electron chi connectivity index (χ1n) is 9.91. The van der Waals surface area contributed by atoms with Gasteiger partial charge in [-0.15, -0.1) is 11.8 Å². The van der Waals surface area contributed by atoms with Crippen LogP contribution >= 0.6 is 46.6 Å². The number of benzene rings is 3. The van der Waals surface area contributed by atoms with Gasteiger partial charge in [-0.05, 0) is 60.5 Å². The first-order valence-corrected chi connectivity index (χ1v) is 11.9. The summed E-state index contributed by atoms with van der Waals surface area (Å²) >= 11 is 19.5. The van der Waals surface area contributed by atoms with Crippen LogP contribution in [0.3, 0.4) is 0 Å². The fourth-order valence-corrected chi connectivity index (χ4v) is 4.41. The van der Waals surface area contributed by atoms with Crippen molar-refractivity contribution in [3.05, 3.63) is 87.4 Å². The zero-order valence-electron chi connectivity index (χ0n) is 17.2. The van der Waals surface area contributed by atoms with Crippen molar-refractivity contribution in [2.24, 2.45) is 0 Å². The summed E-state index contributed by atoms with van der Waals surface area (Å²) in [5, 5.41) is 6.95. The van der Waals surface area contributed by atoms with Crippen molar-refractivity contribution in [1.29, 1.82) is 0 Å². The number of carbonyl (C=O) groups excluding carboxylic acids is 2. The largest absolute Gasteiger partial charge is 0.326 e. The molecule has 0 spiro atoms. The first-order chi connectivity index (χ1) is 15.3. The van der Waals surface area contributed by atoms with E-state index in [9.17, 15) is 9.59 Å². The normalized spacial score (nSPS) is 11.6. The van der Waals surface area contributed by atoms with Crippen LogP contribution in [0.15, 0.2) is 71.6 Å². The van der Waals surface area contributed by atoms with Crippen molar-refractivity contribution >= 4 is 69.8 Å². The average molecular weight is 508 g/mol. The molecule has 0 aliphatic carbocycles. The zero-order valence-corrected chi connectivity index (χ0v) is 20.3. The molecule has 32 heavy (non-hydrogen) atoms. The smallest absolute Gasteiger partial charge is 0.237 e. The van der Waals surface area contributed by atoms with Crippen molar-refractivity contribution in [3.63, 3.8) is 0 Å². The molecule has 166 valence electrons. The minimum atomic E-state index is -0.343. The maximum absolute atomic E-state index is 12.8. The Balaban J connectivity index is 1.62. The summed E-state index contributed by atoms with van der Waals surface area (Å²) in [5.74, 6) is -0.298. The number of rotatable bonds is 8. The first kappa shape index (κ1) is 24.5. The molecule has 2 N–H and O–H groups in total. The van der Waals surface area contributed by atoms with Crippen LogP contribution < -0.4 is 10.6 Å². The summed E-state index contributed by atoms with van der Waals surface area (Å²) in [6, 6.07) is 19.5. The molecule has 0 bridgehead atoms. The van der Waals surface area contributed by atoms with Crippen LogP contribution in [0, 0.1) is 0 Å². The Morgan fingerprint density at radius 2 is 1.62 bits per heavy atom. The number of hydrogen-bond acceptors (Lipinski definition) is 3. The van der Waals surface area contributed by atoms with Gasteiger partial charge in [0.25, 0.3) is 0 Å². The molecule has 0 saturated carbocycles. The molecule has 3 aromatic rings. The van der Waals surface area contributed by atoms with Gasteiger partial charge in [0.15, 0.2) is 0 Å². The molecule has 0 aromatic heterocycles. The van der Waals surface area contributed by atoms with E-state index in [1.807, 2.05) is 43.3 Å². The van der Waals surface area contributed by atoms with E-state index in [4.69, 9.17) is 34.8 Å². The predicted octanol–water partition coefficient (Wildman–Crippen LogP) is 7.34. The number of thioether (sulfide) groups is 1. The second-order valence-electron chi connectivity index (χ2n) is 7.01. The van der Waals surface area contributed by atoms with Gasteiger partial charge in [-0.2, -0.15) is 0 Å². The summed E-state index contributed by atoms with van der Waals surface area (Å²) in [7, 11) is 0. The molecule has 0 heterocycles. The Morgan fingerprint density at radius 3 is 2.34 bits per heavy atom. The number of anilines is 2. The van der Waals surface area contributed by atoms with Gasteiger partial charge >= 0.3 is 0 Å². The molecule has 1 atom stereocenters. The van der Waals surface area contributed by atoms with Gasteiger partial charge in [0.05, 0.1) is 22.4 Å². The molecular formula is C24H21Cl3N2O2S. The lowest BCUT2D eigenvalue weighted by Gasteiger charge is -2.16. The van der Waals surface area contributed by atoms with Crippen LogP contribution in [-0.2, 0) is 16.0 Å². The van der Waals surface area contributed by atoms with Gasteiger partial charge in [0, 0.05) is 20.6 Å². The lowest BCUT2D eigenvalue weighted by atomic mass is 10.1. The van der Waals surface area contributed by atoms with Gasteiger partial charge in [-0.25, -0.2) is 0 Å². The van der Waals surface area contributed by atoms with E-state index in [1.54, 1.807) is 30.3 Å². The van der Waals surface area contributed by atoms with Crippen molar-refractivity contribution < 1.29 is 9.59 Å². The maximum atomic E-state index is 12.8. The second-order valence-corrected chi connectivity index (χ2v) is 9.56. The highest BCUT2D eigenvalue weighted by atomic mass is 35.5. The quantitative estimate of drug-likeness (QED) is 0.314. The van der Waals surface area contributed by atoms with E-state index < -0.39 is 0 Å². The van der Waals surface area contributed by atoms with Gasteiger partial charge in [0.2, 0.25) is 11.8 Å². The van der Waals surface area contributed by atoms with Gasteiger partial charge in [-0.3, -0.25) is 9.59 Å². The van der Waals surface area contributed by atoms with E-state index in [1.165, 1.54) is 11.8 Å². The van der Waals surface area contributed by atoms with E-state index in [2.05, 4.69) is 10.6 Å². The number of carbonyl (C=O) groups is 2. The topological polar surface area (TPSA) is 58.2 Å². The van der Waals surface area contributed by atoms with Crippen LogP contribution in [-0.4, -0.2) is 17.1 Å². The van der Waals surface area contributed by atoms with E-state index in [-0.39, 0.29) is 23.5 Å². The number of halogens is 3. The Labute approximate surface area is 206 Å². The number of hydrogen-bond donors (Lipinski definition) is 2. The fraction of sp³-hybridized carbons (Fsp3) is 0.167. The van der Waals surface area contributed by atoms with Crippen molar-refractivity contribution in [2.75, 3.05) is 10.6 Å². The number of nitrogens with one attached hydrogen (secondary N) is 2. The van der Waals surface area contributed by atoms with E-state index in [0.29, 0.717) is 32.9 Å². The molecule has 0 aliphatic heterocycles. The Hall–Kier alpha value is -2.18. The highest BCUT2D eigenvalue weighted by Crippen LogP contribution is 2.30. The summed E-state index contributed by atoms with van der Waals surface area (Å²) < 4.78 is 0. The minimum Gasteiger partial charge on any atom is -0.326 e. The molecule has 3 rings (SSSR count). The summed E-state index contributed by atoms with van der Waals surface area (Å²) in [5.41, 5.74) is 2.02. The van der Waals surface area contributed by atoms with Crippen LogP contribution in [0.25, 0.3) is 0 Å². The summed E-state index contributed by atoms with van der Waals surface area (Å²) in [6.07, 6.45) is 0.858. The molecule has 4 nitrogen and oxygen atoms in total. The van der Waals surface area contributed by atoms with Crippen LogP contribution in [0.5, 0.6) is 0 Å². The average Bonchev–Trinajstić information content (AvgIpc) is 2.76. The minimum absolute atomic E-state index is 0.130. The van der Waals surface area contributed by atoms with E-state index >= 15 is 0 Å². The number of amides is 2. The second kappa shape index (κ2) is 11.6. The molecule has 8 heteroatoms. The highest BCUT2D eigenvalue weighted by Gasteiger charge is 2.19. The highest BCUT2D eigenvalue weighted by molar-refractivity contribution is 8.00. The predicted molar refractivity (Wildman–Crippen MR) is 135 cm³/mol. The van der Waals surface area contributed by atoms with Crippen LogP contribution in [0.4, 0.5) is 11.4 Å². The zero-order chi connectivity index (χ0) is 23.1. The molecule has 0 aliphatic rings. The Morgan fingerprint density at radius 1 is 0.906 bits per heavy atom. The molecule has 0 fully saturated rings. The molecule has 3 aromatic carbocycles. The van der Waals surface area contributed by atoms with Gasteiger partial charge in [-0.1, -0.05) is 59.9 Å². The third kappa shape index (κ3) is 7.17. The lowest BCUT2D eigenvalue weighted by molar-refractivity contribution is -0.116.